The second-order valence-corrected chi connectivity index (χ2v) is 5.94. The van der Waals surface area contributed by atoms with E-state index in [9.17, 15) is 0 Å². The van der Waals surface area contributed by atoms with Crippen LogP contribution in [0.4, 0.5) is 0 Å². The van der Waals surface area contributed by atoms with Gasteiger partial charge in [0.15, 0.2) is 0 Å². The molecule has 3 nitrogen and oxygen atoms in total. The molecule has 3 heteroatoms. The van der Waals surface area contributed by atoms with Gasteiger partial charge < -0.3 is 10.6 Å². The van der Waals surface area contributed by atoms with Crippen molar-refractivity contribution in [2.75, 3.05) is 33.2 Å². The van der Waals surface area contributed by atoms with Crippen LogP contribution >= 0.6 is 0 Å². The van der Waals surface area contributed by atoms with Crippen LogP contribution in [0.1, 0.15) is 32.6 Å². The Morgan fingerprint density at radius 1 is 1.12 bits per heavy atom. The standard InChI is InChI=1S/C13H27N3/c1-11-8-12(14)10-16(9-11)13-4-3-6-15(2)7-5-13/h11-13H,3-10,14H2,1-2H3. The second-order valence-electron chi connectivity index (χ2n) is 5.94. The van der Waals surface area contributed by atoms with Gasteiger partial charge in [0, 0.05) is 25.2 Å². The molecule has 16 heavy (non-hydrogen) atoms. The largest absolute Gasteiger partial charge is 0.327 e. The number of hydrogen-bond donors (Lipinski definition) is 1. The summed E-state index contributed by atoms with van der Waals surface area (Å²) < 4.78 is 0. The molecule has 0 radical (unpaired) electrons. The molecule has 2 aliphatic heterocycles. The van der Waals surface area contributed by atoms with Gasteiger partial charge in [-0.3, -0.25) is 4.90 Å². The summed E-state index contributed by atoms with van der Waals surface area (Å²) in [4.78, 5) is 5.13. The van der Waals surface area contributed by atoms with Gasteiger partial charge in [-0.05, 0) is 51.7 Å². The highest BCUT2D eigenvalue weighted by atomic mass is 15.2. The monoisotopic (exact) mass is 225 g/mol. The molecular formula is C13H27N3. The number of rotatable bonds is 1. The van der Waals surface area contributed by atoms with E-state index in [1.54, 1.807) is 0 Å². The minimum absolute atomic E-state index is 0.407. The average Bonchev–Trinajstić information content (AvgIpc) is 2.41. The lowest BCUT2D eigenvalue weighted by molar-refractivity contribution is 0.106. The highest BCUT2D eigenvalue weighted by Crippen LogP contribution is 2.22. The summed E-state index contributed by atoms with van der Waals surface area (Å²) in [6, 6.07) is 1.20. The van der Waals surface area contributed by atoms with Gasteiger partial charge in [0.1, 0.15) is 0 Å². The molecule has 2 fully saturated rings. The van der Waals surface area contributed by atoms with Gasteiger partial charge in [0.05, 0.1) is 0 Å². The summed E-state index contributed by atoms with van der Waals surface area (Å²) in [5, 5.41) is 0. The molecule has 0 bridgehead atoms. The molecule has 3 unspecified atom stereocenters. The fourth-order valence-corrected chi connectivity index (χ4v) is 3.33. The third kappa shape index (κ3) is 3.19. The minimum Gasteiger partial charge on any atom is -0.327 e. The normalized spacial score (nSPS) is 39.6. The third-order valence-electron chi connectivity index (χ3n) is 4.16. The van der Waals surface area contributed by atoms with E-state index >= 15 is 0 Å². The van der Waals surface area contributed by atoms with Crippen molar-refractivity contribution in [3.8, 4) is 0 Å². The predicted molar refractivity (Wildman–Crippen MR) is 68.5 cm³/mol. The molecule has 2 rings (SSSR count). The van der Waals surface area contributed by atoms with E-state index in [1.165, 1.54) is 45.3 Å². The molecule has 0 aromatic heterocycles. The number of nitrogens with two attached hydrogens (primary N) is 1. The number of hydrogen-bond acceptors (Lipinski definition) is 3. The molecule has 3 atom stereocenters. The van der Waals surface area contributed by atoms with Gasteiger partial charge in [-0.25, -0.2) is 0 Å². The first-order valence-corrected chi connectivity index (χ1v) is 6.83. The summed E-state index contributed by atoms with van der Waals surface area (Å²) in [5.41, 5.74) is 6.14. The van der Waals surface area contributed by atoms with Crippen LogP contribution in [0.5, 0.6) is 0 Å². The molecule has 2 heterocycles. The lowest BCUT2D eigenvalue weighted by Gasteiger charge is -2.39. The third-order valence-corrected chi connectivity index (χ3v) is 4.16. The van der Waals surface area contributed by atoms with E-state index in [0.29, 0.717) is 6.04 Å². The summed E-state index contributed by atoms with van der Waals surface area (Å²) in [7, 11) is 2.24. The highest BCUT2D eigenvalue weighted by Gasteiger charge is 2.28. The maximum Gasteiger partial charge on any atom is 0.0170 e. The van der Waals surface area contributed by atoms with Gasteiger partial charge in [0.25, 0.3) is 0 Å². The molecule has 2 saturated heterocycles. The van der Waals surface area contributed by atoms with Crippen molar-refractivity contribution in [1.29, 1.82) is 0 Å². The summed E-state index contributed by atoms with van der Waals surface area (Å²) in [5.74, 6) is 0.782. The Morgan fingerprint density at radius 2 is 1.94 bits per heavy atom. The van der Waals surface area contributed by atoms with Crippen LogP contribution in [-0.4, -0.2) is 55.1 Å². The van der Waals surface area contributed by atoms with Crippen molar-refractivity contribution in [3.63, 3.8) is 0 Å². The average molecular weight is 225 g/mol. The van der Waals surface area contributed by atoms with Crippen molar-refractivity contribution in [3.05, 3.63) is 0 Å². The molecule has 94 valence electrons. The van der Waals surface area contributed by atoms with Crippen LogP contribution in [0, 0.1) is 5.92 Å². The Kier molecular flexibility index (Phi) is 4.22. The van der Waals surface area contributed by atoms with Crippen molar-refractivity contribution in [2.45, 2.75) is 44.7 Å². The maximum atomic E-state index is 6.14. The molecule has 2 aliphatic rings. The van der Waals surface area contributed by atoms with Gasteiger partial charge in [-0.1, -0.05) is 6.92 Å². The van der Waals surface area contributed by atoms with Crippen molar-refractivity contribution in [1.82, 2.24) is 9.80 Å². The van der Waals surface area contributed by atoms with Crippen molar-refractivity contribution < 1.29 is 0 Å². The van der Waals surface area contributed by atoms with E-state index in [4.69, 9.17) is 5.73 Å². The van der Waals surface area contributed by atoms with Gasteiger partial charge in [-0.15, -0.1) is 0 Å². The zero-order valence-corrected chi connectivity index (χ0v) is 10.9. The Morgan fingerprint density at radius 3 is 2.69 bits per heavy atom. The fraction of sp³-hybridized carbons (Fsp3) is 1.00. The maximum absolute atomic E-state index is 6.14. The lowest BCUT2D eigenvalue weighted by atomic mass is 9.93. The van der Waals surface area contributed by atoms with E-state index in [1.807, 2.05) is 0 Å². The van der Waals surface area contributed by atoms with E-state index < -0.39 is 0 Å². The molecule has 0 aliphatic carbocycles. The fourth-order valence-electron chi connectivity index (χ4n) is 3.33. The minimum atomic E-state index is 0.407. The summed E-state index contributed by atoms with van der Waals surface area (Å²) >= 11 is 0. The molecule has 0 saturated carbocycles. The van der Waals surface area contributed by atoms with Crippen LogP contribution in [0.2, 0.25) is 0 Å². The molecule has 2 N–H and O–H groups in total. The second kappa shape index (κ2) is 5.48. The zero-order chi connectivity index (χ0) is 11.5. The van der Waals surface area contributed by atoms with Crippen molar-refractivity contribution in [2.24, 2.45) is 11.7 Å². The highest BCUT2D eigenvalue weighted by molar-refractivity contribution is 4.85. The zero-order valence-electron chi connectivity index (χ0n) is 10.9. The van der Waals surface area contributed by atoms with E-state index in [-0.39, 0.29) is 0 Å². The Bertz CT molecular complexity index is 209. The molecule has 0 aromatic carbocycles. The molecule has 0 spiro atoms. The molecule has 0 aromatic rings. The quantitative estimate of drug-likeness (QED) is 0.726. The van der Waals surface area contributed by atoms with Crippen LogP contribution in [0.15, 0.2) is 0 Å². The van der Waals surface area contributed by atoms with Crippen LogP contribution in [0.25, 0.3) is 0 Å². The predicted octanol–water partition coefficient (Wildman–Crippen LogP) is 1.14. The molecule has 0 amide bonds. The van der Waals surface area contributed by atoms with Crippen molar-refractivity contribution >= 4 is 0 Å². The van der Waals surface area contributed by atoms with Crippen LogP contribution in [0.3, 0.4) is 0 Å². The SMILES string of the molecule is CC1CC(N)CN(C2CCCN(C)CC2)C1. The first kappa shape index (κ1) is 12.3. The first-order chi connectivity index (χ1) is 7.65. The smallest absolute Gasteiger partial charge is 0.0170 e. The van der Waals surface area contributed by atoms with Gasteiger partial charge >= 0.3 is 0 Å². The first-order valence-electron chi connectivity index (χ1n) is 6.83. The van der Waals surface area contributed by atoms with E-state index in [2.05, 4.69) is 23.8 Å². The Labute approximate surface area is 100.0 Å². The topological polar surface area (TPSA) is 32.5 Å². The van der Waals surface area contributed by atoms with Gasteiger partial charge in [-0.2, -0.15) is 0 Å². The Balaban J connectivity index is 1.90. The van der Waals surface area contributed by atoms with Gasteiger partial charge in [0.2, 0.25) is 0 Å². The summed E-state index contributed by atoms with van der Waals surface area (Å²) in [6.45, 7) is 7.26. The number of likely N-dealkylation sites (tertiary alicyclic amines) is 2. The molecular weight excluding hydrogens is 198 g/mol. The summed E-state index contributed by atoms with van der Waals surface area (Å²) in [6.07, 6.45) is 5.25. The van der Waals surface area contributed by atoms with Crippen LogP contribution in [-0.2, 0) is 0 Å². The van der Waals surface area contributed by atoms with Crippen LogP contribution < -0.4 is 5.73 Å². The Hall–Kier alpha value is -0.120. The number of nitrogens with zero attached hydrogens (tertiary/aromatic N) is 2. The lowest BCUT2D eigenvalue weighted by Crippen LogP contribution is -2.50. The van der Waals surface area contributed by atoms with E-state index in [0.717, 1.165) is 18.5 Å². The number of piperidine rings is 1.